The van der Waals surface area contributed by atoms with Gasteiger partial charge in [-0.25, -0.2) is 4.98 Å². The van der Waals surface area contributed by atoms with Crippen molar-refractivity contribution in [2.24, 2.45) is 7.05 Å². The maximum Gasteiger partial charge on any atom is 0.205 e. The number of aromatic nitrogens is 7. The Morgan fingerprint density at radius 2 is 1.81 bits per heavy atom. The first-order chi connectivity index (χ1) is 15.1. The zero-order valence-electron chi connectivity index (χ0n) is 17.4. The van der Waals surface area contributed by atoms with Gasteiger partial charge in [-0.3, -0.25) is 0 Å². The van der Waals surface area contributed by atoms with Gasteiger partial charge in [-0.1, -0.05) is 6.07 Å². The Balaban J connectivity index is 1.25. The van der Waals surface area contributed by atoms with Crippen LogP contribution in [-0.2, 0) is 7.05 Å². The number of aromatic hydroxyl groups is 1. The summed E-state index contributed by atoms with van der Waals surface area (Å²) in [5.41, 5.74) is 1.21. The van der Waals surface area contributed by atoms with Gasteiger partial charge in [0, 0.05) is 29.7 Å². The number of benzene rings is 1. The van der Waals surface area contributed by atoms with Crippen LogP contribution in [0.3, 0.4) is 0 Å². The van der Waals surface area contributed by atoms with Gasteiger partial charge in [0.25, 0.3) is 0 Å². The number of anilines is 1. The quantitative estimate of drug-likeness (QED) is 0.637. The van der Waals surface area contributed by atoms with Crippen LogP contribution in [0, 0.1) is 0 Å². The molecule has 10 nitrogen and oxygen atoms in total. The van der Waals surface area contributed by atoms with E-state index in [2.05, 4.69) is 40.8 Å². The molecule has 3 atom stereocenters. The lowest BCUT2D eigenvalue weighted by atomic mass is 9.98. The molecule has 10 heteroatoms. The highest BCUT2D eigenvalue weighted by Gasteiger charge is 2.41. The number of nitrogens with zero attached hydrogens (tertiary/aromatic N) is 8. The van der Waals surface area contributed by atoms with Crippen molar-refractivity contribution in [3.8, 4) is 28.5 Å². The Bertz CT molecular complexity index is 1080. The summed E-state index contributed by atoms with van der Waals surface area (Å²) in [6, 6.07) is 7.50. The Hall–Kier alpha value is -3.14. The first kappa shape index (κ1) is 18.6. The lowest BCUT2D eigenvalue weighted by Gasteiger charge is -2.38. The van der Waals surface area contributed by atoms with Gasteiger partial charge in [0.15, 0.2) is 11.6 Å². The molecule has 3 aromatic rings. The van der Waals surface area contributed by atoms with Crippen LogP contribution in [0.5, 0.6) is 5.75 Å². The van der Waals surface area contributed by atoms with Gasteiger partial charge in [-0.2, -0.15) is 4.80 Å². The molecule has 2 aliphatic heterocycles. The molecule has 6 rings (SSSR count). The van der Waals surface area contributed by atoms with Crippen molar-refractivity contribution in [1.82, 2.24) is 40.7 Å². The second kappa shape index (κ2) is 7.23. The molecular weight excluding hydrogens is 394 g/mol. The van der Waals surface area contributed by atoms with E-state index in [0.717, 1.165) is 18.7 Å². The Morgan fingerprint density at radius 3 is 2.42 bits per heavy atom. The van der Waals surface area contributed by atoms with Gasteiger partial charge in [0.1, 0.15) is 5.75 Å². The van der Waals surface area contributed by atoms with E-state index in [9.17, 15) is 5.11 Å². The van der Waals surface area contributed by atoms with Crippen molar-refractivity contribution in [1.29, 1.82) is 0 Å². The van der Waals surface area contributed by atoms with Crippen molar-refractivity contribution < 1.29 is 5.11 Å². The number of fused-ring (bicyclic) bond motifs is 2. The minimum Gasteiger partial charge on any atom is -0.507 e. The van der Waals surface area contributed by atoms with Crippen LogP contribution in [-0.4, -0.2) is 64.7 Å². The summed E-state index contributed by atoms with van der Waals surface area (Å²) in [7, 11) is 1.70. The van der Waals surface area contributed by atoms with Crippen LogP contribution in [0.2, 0.25) is 0 Å². The molecule has 1 saturated carbocycles. The third-order valence-electron chi connectivity index (χ3n) is 6.60. The van der Waals surface area contributed by atoms with Gasteiger partial charge >= 0.3 is 0 Å². The molecule has 160 valence electrons. The SMILES string of the molecule is Cn1nnc(-c2ccc(-c3ncc(N(C4CC4)C4C[C@H]5CC[C@@H](C4)N5)nn3)c(O)c2)n1. The minimum atomic E-state index is 0.0634. The van der Waals surface area contributed by atoms with Crippen molar-refractivity contribution in [3.63, 3.8) is 0 Å². The Morgan fingerprint density at radius 1 is 1.00 bits per heavy atom. The van der Waals surface area contributed by atoms with Crippen molar-refractivity contribution in [2.45, 2.75) is 62.7 Å². The topological polar surface area (TPSA) is 118 Å². The fourth-order valence-electron chi connectivity index (χ4n) is 5.05. The number of tetrazole rings is 1. The summed E-state index contributed by atoms with van der Waals surface area (Å²) in [6.07, 6.45) is 9.11. The fraction of sp³-hybridized carbons (Fsp3) is 0.524. The Labute approximate surface area is 179 Å². The van der Waals surface area contributed by atoms with Gasteiger partial charge in [0.05, 0.1) is 18.8 Å². The second-order valence-corrected chi connectivity index (χ2v) is 8.88. The van der Waals surface area contributed by atoms with Crippen LogP contribution in [0.25, 0.3) is 22.8 Å². The number of rotatable bonds is 5. The van der Waals surface area contributed by atoms with E-state index in [-0.39, 0.29) is 5.75 Å². The largest absolute Gasteiger partial charge is 0.507 e. The molecule has 31 heavy (non-hydrogen) atoms. The molecule has 4 heterocycles. The third kappa shape index (κ3) is 3.50. The Kier molecular flexibility index (Phi) is 4.34. The van der Waals surface area contributed by atoms with Crippen LogP contribution < -0.4 is 10.2 Å². The number of aryl methyl sites for hydroxylation is 1. The van der Waals surface area contributed by atoms with Crippen molar-refractivity contribution in [3.05, 3.63) is 24.4 Å². The third-order valence-corrected chi connectivity index (χ3v) is 6.60. The molecule has 2 aromatic heterocycles. The lowest BCUT2D eigenvalue weighted by molar-refractivity contribution is 0.343. The highest BCUT2D eigenvalue weighted by atomic mass is 16.3. The monoisotopic (exact) mass is 419 g/mol. The van der Waals surface area contributed by atoms with Crippen LogP contribution >= 0.6 is 0 Å². The highest BCUT2D eigenvalue weighted by molar-refractivity contribution is 5.69. The number of piperidine rings is 1. The summed E-state index contributed by atoms with van der Waals surface area (Å²) < 4.78 is 0. The number of phenolic OH excluding ortho intramolecular Hbond substituents is 1. The van der Waals surface area contributed by atoms with E-state index in [1.54, 1.807) is 19.2 Å². The van der Waals surface area contributed by atoms with Crippen molar-refractivity contribution in [2.75, 3.05) is 4.90 Å². The molecule has 1 aromatic carbocycles. The van der Waals surface area contributed by atoms with Crippen LogP contribution in [0.4, 0.5) is 5.82 Å². The molecule has 3 aliphatic rings. The van der Waals surface area contributed by atoms with E-state index in [4.69, 9.17) is 0 Å². The average molecular weight is 419 g/mol. The predicted molar refractivity (Wildman–Crippen MR) is 113 cm³/mol. The van der Waals surface area contributed by atoms with Gasteiger partial charge in [0.2, 0.25) is 5.82 Å². The van der Waals surface area contributed by atoms with E-state index in [1.807, 2.05) is 12.3 Å². The van der Waals surface area contributed by atoms with E-state index < -0.39 is 0 Å². The molecule has 3 fully saturated rings. The summed E-state index contributed by atoms with van der Waals surface area (Å²) in [4.78, 5) is 8.39. The summed E-state index contributed by atoms with van der Waals surface area (Å²) in [5.74, 6) is 1.77. The zero-order chi connectivity index (χ0) is 20.9. The standard InChI is InChI=1S/C21H25N9O/c1-29-27-20(26-28-29)12-2-7-17(18(31)8-12)21-22-11-19(24-25-21)30(15-5-6-15)16-9-13-3-4-14(10-16)23-13/h2,7-8,11,13-16,23,31H,3-6,9-10H2,1H3/t13-,14+,16?. The van der Waals surface area contributed by atoms with Gasteiger partial charge in [-0.15, -0.1) is 20.4 Å². The van der Waals surface area contributed by atoms with Crippen molar-refractivity contribution >= 4 is 5.82 Å². The predicted octanol–water partition coefficient (Wildman–Crippen LogP) is 1.69. The molecule has 0 spiro atoms. The summed E-state index contributed by atoms with van der Waals surface area (Å²) in [6.45, 7) is 0. The first-order valence-electron chi connectivity index (χ1n) is 11.0. The molecule has 1 aliphatic carbocycles. The number of phenols is 1. The molecule has 2 bridgehead atoms. The molecule has 2 N–H and O–H groups in total. The maximum atomic E-state index is 10.6. The van der Waals surface area contributed by atoms with E-state index in [0.29, 0.717) is 46.9 Å². The first-order valence-corrected chi connectivity index (χ1v) is 11.0. The lowest BCUT2D eigenvalue weighted by Crippen LogP contribution is -2.49. The molecule has 2 saturated heterocycles. The highest BCUT2D eigenvalue weighted by Crippen LogP contribution is 2.39. The second-order valence-electron chi connectivity index (χ2n) is 8.88. The fourth-order valence-corrected chi connectivity index (χ4v) is 5.05. The van der Waals surface area contributed by atoms with Gasteiger partial charge in [-0.05, 0) is 55.9 Å². The van der Waals surface area contributed by atoms with E-state index >= 15 is 0 Å². The zero-order valence-corrected chi connectivity index (χ0v) is 17.4. The summed E-state index contributed by atoms with van der Waals surface area (Å²) >= 11 is 0. The maximum absolute atomic E-state index is 10.6. The number of hydrogen-bond donors (Lipinski definition) is 2. The van der Waals surface area contributed by atoms with E-state index in [1.165, 1.54) is 30.5 Å². The number of nitrogens with one attached hydrogen (secondary N) is 1. The smallest absolute Gasteiger partial charge is 0.205 e. The molecular formula is C21H25N9O. The normalized spacial score (nSPS) is 25.0. The molecule has 0 amide bonds. The van der Waals surface area contributed by atoms with Gasteiger partial charge < -0.3 is 15.3 Å². The van der Waals surface area contributed by atoms with Crippen LogP contribution in [0.15, 0.2) is 24.4 Å². The number of hydrogen-bond acceptors (Lipinski definition) is 9. The summed E-state index contributed by atoms with van der Waals surface area (Å²) in [5, 5.41) is 35.1. The average Bonchev–Trinajstić information content (AvgIpc) is 3.42. The van der Waals surface area contributed by atoms with Crippen LogP contribution in [0.1, 0.15) is 38.5 Å². The minimum absolute atomic E-state index is 0.0634. The molecule has 1 unspecified atom stereocenters. The molecule has 0 radical (unpaired) electrons.